The van der Waals surface area contributed by atoms with Gasteiger partial charge in [-0.1, -0.05) is 12.1 Å². The second-order valence-corrected chi connectivity index (χ2v) is 5.43. The van der Waals surface area contributed by atoms with E-state index >= 15 is 0 Å². The van der Waals surface area contributed by atoms with E-state index in [-0.39, 0.29) is 18.1 Å². The van der Waals surface area contributed by atoms with Crippen LogP contribution in [0, 0.1) is 12.8 Å². The Balaban J connectivity index is 2.02. The molecule has 6 heteroatoms. The lowest BCUT2D eigenvalue weighted by Crippen LogP contribution is -2.44. The minimum atomic E-state index is -0.380. The van der Waals surface area contributed by atoms with Crippen LogP contribution in [0.3, 0.4) is 0 Å². The Bertz CT molecular complexity index is 470. The van der Waals surface area contributed by atoms with Crippen molar-refractivity contribution in [3.05, 3.63) is 11.5 Å². The van der Waals surface area contributed by atoms with Crippen molar-refractivity contribution >= 4 is 11.7 Å². The van der Waals surface area contributed by atoms with E-state index in [1.165, 1.54) is 0 Å². The minimum Gasteiger partial charge on any atom is -0.393 e. The number of aryl methyl sites for hydroxylation is 2. The van der Waals surface area contributed by atoms with Crippen LogP contribution in [-0.4, -0.2) is 40.4 Å². The standard InChI is InChI=1S/C14H23N3O3/c1-4-12-13(10(3)20-16-12)15-14(19)17-7-5-6-11(8-17)9(2)18/h9,11,18H,4-8H2,1-3H3,(H,15,19). The van der Waals surface area contributed by atoms with Gasteiger partial charge in [0.15, 0.2) is 5.76 Å². The SMILES string of the molecule is CCc1noc(C)c1NC(=O)N1CCCC(C(C)O)C1. The van der Waals surface area contributed by atoms with Crippen LogP contribution in [0.25, 0.3) is 0 Å². The number of nitrogens with one attached hydrogen (secondary N) is 1. The van der Waals surface area contributed by atoms with Crippen LogP contribution in [0.1, 0.15) is 38.1 Å². The summed E-state index contributed by atoms with van der Waals surface area (Å²) in [6, 6.07) is -0.142. The van der Waals surface area contributed by atoms with Crippen molar-refractivity contribution in [3.63, 3.8) is 0 Å². The highest BCUT2D eigenvalue weighted by Crippen LogP contribution is 2.23. The molecule has 2 atom stereocenters. The first kappa shape index (κ1) is 14.8. The molecule has 0 spiro atoms. The predicted molar refractivity (Wildman–Crippen MR) is 75.6 cm³/mol. The van der Waals surface area contributed by atoms with Gasteiger partial charge in [-0.2, -0.15) is 0 Å². The van der Waals surface area contributed by atoms with Crippen LogP contribution in [0.15, 0.2) is 4.52 Å². The number of nitrogens with zero attached hydrogens (tertiary/aromatic N) is 2. The quantitative estimate of drug-likeness (QED) is 0.890. The van der Waals surface area contributed by atoms with Crippen LogP contribution in [-0.2, 0) is 6.42 Å². The van der Waals surface area contributed by atoms with Crippen molar-refractivity contribution < 1.29 is 14.4 Å². The monoisotopic (exact) mass is 281 g/mol. The van der Waals surface area contributed by atoms with E-state index in [2.05, 4.69) is 10.5 Å². The number of aromatic nitrogens is 1. The number of likely N-dealkylation sites (tertiary alicyclic amines) is 1. The number of anilines is 1. The molecule has 1 fully saturated rings. The van der Waals surface area contributed by atoms with Crippen LogP contribution in [0.5, 0.6) is 0 Å². The van der Waals surface area contributed by atoms with Crippen LogP contribution in [0.4, 0.5) is 10.5 Å². The Kier molecular flexibility index (Phi) is 4.65. The average Bonchev–Trinajstić information content (AvgIpc) is 2.79. The summed E-state index contributed by atoms with van der Waals surface area (Å²) in [4.78, 5) is 14.1. The number of hydrogen-bond donors (Lipinski definition) is 2. The number of aliphatic hydroxyl groups excluding tert-OH is 1. The molecule has 0 bridgehead atoms. The molecule has 2 heterocycles. The summed E-state index contributed by atoms with van der Waals surface area (Å²) in [7, 11) is 0. The van der Waals surface area contributed by atoms with Crippen molar-refractivity contribution in [2.45, 2.75) is 46.1 Å². The number of carbonyl (C=O) groups is 1. The Morgan fingerprint density at radius 2 is 2.40 bits per heavy atom. The minimum absolute atomic E-state index is 0.142. The largest absolute Gasteiger partial charge is 0.393 e. The Morgan fingerprint density at radius 1 is 1.65 bits per heavy atom. The molecular weight excluding hydrogens is 258 g/mol. The maximum Gasteiger partial charge on any atom is 0.322 e. The van der Waals surface area contributed by atoms with Gasteiger partial charge in [0.1, 0.15) is 11.4 Å². The Morgan fingerprint density at radius 3 is 3.05 bits per heavy atom. The fraction of sp³-hybridized carbons (Fsp3) is 0.714. The van der Waals surface area contributed by atoms with Gasteiger partial charge in [0.2, 0.25) is 0 Å². The second kappa shape index (κ2) is 6.26. The van der Waals surface area contributed by atoms with E-state index < -0.39 is 0 Å². The molecule has 2 rings (SSSR count). The maximum absolute atomic E-state index is 12.3. The highest BCUT2D eigenvalue weighted by molar-refractivity contribution is 5.90. The molecule has 1 aliphatic rings. The Labute approximate surface area is 119 Å². The molecule has 0 saturated carbocycles. The first-order valence-electron chi connectivity index (χ1n) is 7.22. The number of rotatable bonds is 3. The third-order valence-corrected chi connectivity index (χ3v) is 3.93. The molecule has 2 unspecified atom stereocenters. The highest BCUT2D eigenvalue weighted by Gasteiger charge is 2.27. The van der Waals surface area contributed by atoms with Gasteiger partial charge in [0.05, 0.1) is 6.10 Å². The molecule has 1 aromatic rings. The zero-order chi connectivity index (χ0) is 14.7. The summed E-state index contributed by atoms with van der Waals surface area (Å²) in [6.45, 7) is 6.86. The van der Waals surface area contributed by atoms with Gasteiger partial charge in [-0.25, -0.2) is 4.79 Å². The average molecular weight is 281 g/mol. The van der Waals surface area contributed by atoms with Crippen molar-refractivity contribution in [2.75, 3.05) is 18.4 Å². The molecule has 1 saturated heterocycles. The molecule has 2 amide bonds. The van der Waals surface area contributed by atoms with Crippen molar-refractivity contribution in [3.8, 4) is 0 Å². The summed E-state index contributed by atoms with van der Waals surface area (Å²) in [6.07, 6.45) is 2.22. The third kappa shape index (κ3) is 3.12. The van der Waals surface area contributed by atoms with E-state index in [0.29, 0.717) is 24.4 Å². The molecule has 2 N–H and O–H groups in total. The van der Waals surface area contributed by atoms with Gasteiger partial charge in [-0.3, -0.25) is 0 Å². The molecular formula is C14H23N3O3. The topological polar surface area (TPSA) is 78.6 Å². The molecule has 6 nitrogen and oxygen atoms in total. The molecule has 0 aliphatic carbocycles. The van der Waals surface area contributed by atoms with Crippen molar-refractivity contribution in [1.29, 1.82) is 0 Å². The fourth-order valence-electron chi connectivity index (χ4n) is 2.59. The lowest BCUT2D eigenvalue weighted by Gasteiger charge is -2.34. The predicted octanol–water partition coefficient (Wildman–Crippen LogP) is 2.17. The fourth-order valence-corrected chi connectivity index (χ4v) is 2.59. The molecule has 112 valence electrons. The summed E-state index contributed by atoms with van der Waals surface area (Å²) in [5, 5.41) is 16.5. The third-order valence-electron chi connectivity index (χ3n) is 3.93. The number of amides is 2. The van der Waals surface area contributed by atoms with E-state index in [4.69, 9.17) is 4.52 Å². The summed E-state index contributed by atoms with van der Waals surface area (Å²) < 4.78 is 5.11. The van der Waals surface area contributed by atoms with E-state index in [9.17, 15) is 9.90 Å². The zero-order valence-electron chi connectivity index (χ0n) is 12.3. The first-order valence-corrected chi connectivity index (χ1v) is 7.22. The van der Waals surface area contributed by atoms with Crippen molar-refractivity contribution in [1.82, 2.24) is 10.1 Å². The van der Waals surface area contributed by atoms with E-state index in [1.807, 2.05) is 6.92 Å². The van der Waals surface area contributed by atoms with E-state index in [1.54, 1.807) is 18.7 Å². The summed E-state index contributed by atoms with van der Waals surface area (Å²) in [5.41, 5.74) is 1.44. The second-order valence-electron chi connectivity index (χ2n) is 5.43. The van der Waals surface area contributed by atoms with E-state index in [0.717, 1.165) is 25.1 Å². The number of urea groups is 1. The number of aliphatic hydroxyl groups is 1. The Hall–Kier alpha value is -1.56. The number of carbonyl (C=O) groups excluding carboxylic acids is 1. The lowest BCUT2D eigenvalue weighted by atomic mass is 9.94. The smallest absolute Gasteiger partial charge is 0.322 e. The van der Waals surface area contributed by atoms with Gasteiger partial charge in [-0.15, -0.1) is 0 Å². The first-order chi connectivity index (χ1) is 9.52. The molecule has 1 aromatic heterocycles. The van der Waals surface area contributed by atoms with Gasteiger partial charge in [0, 0.05) is 19.0 Å². The lowest BCUT2D eigenvalue weighted by molar-refractivity contribution is 0.0766. The summed E-state index contributed by atoms with van der Waals surface area (Å²) in [5.74, 6) is 0.781. The normalized spacial score (nSPS) is 20.8. The van der Waals surface area contributed by atoms with Crippen molar-refractivity contribution in [2.24, 2.45) is 5.92 Å². The number of piperidine rings is 1. The van der Waals surface area contributed by atoms with Gasteiger partial charge >= 0.3 is 6.03 Å². The van der Waals surface area contributed by atoms with Crippen LogP contribution < -0.4 is 5.32 Å². The molecule has 20 heavy (non-hydrogen) atoms. The maximum atomic E-state index is 12.3. The van der Waals surface area contributed by atoms with Gasteiger partial charge in [-0.05, 0) is 33.1 Å². The highest BCUT2D eigenvalue weighted by atomic mass is 16.5. The summed E-state index contributed by atoms with van der Waals surface area (Å²) >= 11 is 0. The van der Waals surface area contributed by atoms with Gasteiger partial charge < -0.3 is 19.8 Å². The molecule has 0 radical (unpaired) electrons. The number of hydrogen-bond acceptors (Lipinski definition) is 4. The van der Waals surface area contributed by atoms with Crippen LogP contribution >= 0.6 is 0 Å². The van der Waals surface area contributed by atoms with Crippen LogP contribution in [0.2, 0.25) is 0 Å². The molecule has 1 aliphatic heterocycles. The molecule has 0 aromatic carbocycles. The zero-order valence-corrected chi connectivity index (χ0v) is 12.3. The van der Waals surface area contributed by atoms with Gasteiger partial charge in [0.25, 0.3) is 0 Å².